The van der Waals surface area contributed by atoms with Gasteiger partial charge >= 0.3 is 0 Å². The van der Waals surface area contributed by atoms with Gasteiger partial charge in [-0.15, -0.1) is 0 Å². The van der Waals surface area contributed by atoms with Crippen molar-refractivity contribution >= 4 is 0 Å². The molecular weight excluding hydrogens is 456 g/mol. The Bertz CT molecular complexity index is 1040. The Morgan fingerprint density at radius 3 is 1.21 bits per heavy atom. The molecular formula is C38H58. The van der Waals surface area contributed by atoms with Crippen molar-refractivity contribution in [3.8, 4) is 0 Å². The minimum atomic E-state index is 0.265. The third kappa shape index (κ3) is 11.2. The molecule has 3 aromatic carbocycles. The maximum Gasteiger partial charge on any atom is -0.0129 e. The van der Waals surface area contributed by atoms with Crippen LogP contribution in [0.4, 0.5) is 0 Å². The van der Waals surface area contributed by atoms with E-state index in [1.807, 2.05) is 0 Å². The van der Waals surface area contributed by atoms with Crippen LogP contribution in [0.2, 0.25) is 0 Å². The van der Waals surface area contributed by atoms with Crippen LogP contribution < -0.4 is 0 Å². The standard InChI is InChI=1S/2C13H20.C12H18/c1-10(2)11-7-6-8-12(9-11)13(3,4)5;1-10(2)11-8-6-7-9-12(11)13(3,4)5;1-9(2)11-5-7-12(8-6-11)10(3)4/h2*6-10H,1-5H3;5-10H,1-4H3. The Morgan fingerprint density at radius 1 is 0.421 bits per heavy atom. The fourth-order valence-electron chi connectivity index (χ4n) is 4.31. The summed E-state index contributed by atoms with van der Waals surface area (Å²) < 4.78 is 0. The maximum absolute atomic E-state index is 2.32. The van der Waals surface area contributed by atoms with Crippen molar-refractivity contribution in [1.29, 1.82) is 0 Å². The Kier molecular flexibility index (Phi) is 13.0. The molecule has 0 radical (unpaired) electrons. The molecule has 0 saturated heterocycles. The highest BCUT2D eigenvalue weighted by Crippen LogP contribution is 2.30. The molecule has 0 heterocycles. The highest BCUT2D eigenvalue weighted by atomic mass is 14.2. The predicted octanol–water partition coefficient (Wildman–Crippen LogP) is 12.1. The molecule has 0 aliphatic carbocycles. The van der Waals surface area contributed by atoms with Crippen molar-refractivity contribution in [2.75, 3.05) is 0 Å². The average Bonchev–Trinajstić information content (AvgIpc) is 2.84. The first-order valence-corrected chi connectivity index (χ1v) is 14.7. The second kappa shape index (κ2) is 14.7. The van der Waals surface area contributed by atoms with Crippen LogP contribution in [0.15, 0.2) is 72.8 Å². The molecule has 0 aromatic heterocycles. The highest BCUT2D eigenvalue weighted by molar-refractivity contribution is 5.35. The summed E-state index contributed by atoms with van der Waals surface area (Å²) in [4.78, 5) is 0. The molecule has 0 nitrogen and oxygen atoms in total. The lowest BCUT2D eigenvalue weighted by atomic mass is 9.81. The van der Waals surface area contributed by atoms with E-state index in [9.17, 15) is 0 Å². The summed E-state index contributed by atoms with van der Waals surface area (Å²) >= 11 is 0. The predicted molar refractivity (Wildman–Crippen MR) is 173 cm³/mol. The van der Waals surface area contributed by atoms with Crippen LogP contribution in [0.25, 0.3) is 0 Å². The molecule has 0 aliphatic heterocycles. The average molecular weight is 515 g/mol. The summed E-state index contributed by atoms with van der Waals surface area (Å²) in [7, 11) is 0. The first-order valence-electron chi connectivity index (χ1n) is 14.7. The number of benzene rings is 3. The minimum Gasteiger partial charge on any atom is -0.0620 e. The van der Waals surface area contributed by atoms with Crippen molar-refractivity contribution in [2.24, 2.45) is 0 Å². The van der Waals surface area contributed by atoms with Gasteiger partial charge in [0.15, 0.2) is 0 Å². The number of rotatable bonds is 4. The molecule has 0 bridgehead atoms. The molecule has 0 saturated carbocycles. The first-order chi connectivity index (χ1) is 17.4. The van der Waals surface area contributed by atoms with Gasteiger partial charge in [-0.1, -0.05) is 170 Å². The second-order valence-corrected chi connectivity index (χ2v) is 14.0. The molecule has 0 heteroatoms. The van der Waals surface area contributed by atoms with Gasteiger partial charge in [-0.3, -0.25) is 0 Å². The number of hydrogen-bond donors (Lipinski definition) is 0. The monoisotopic (exact) mass is 514 g/mol. The second-order valence-electron chi connectivity index (χ2n) is 14.0. The Hall–Kier alpha value is -2.34. The van der Waals surface area contributed by atoms with Gasteiger partial charge in [0.2, 0.25) is 0 Å². The molecule has 0 N–H and O–H groups in total. The maximum atomic E-state index is 2.32. The van der Waals surface area contributed by atoms with E-state index in [1.165, 1.54) is 33.4 Å². The van der Waals surface area contributed by atoms with Gasteiger partial charge < -0.3 is 0 Å². The van der Waals surface area contributed by atoms with Crippen LogP contribution in [0.5, 0.6) is 0 Å². The Balaban J connectivity index is 0.000000285. The molecule has 0 aliphatic rings. The van der Waals surface area contributed by atoms with Gasteiger partial charge in [-0.05, 0) is 67.9 Å². The van der Waals surface area contributed by atoms with Crippen LogP contribution >= 0.6 is 0 Å². The van der Waals surface area contributed by atoms with E-state index in [0.29, 0.717) is 23.7 Å². The van der Waals surface area contributed by atoms with Crippen LogP contribution in [0.3, 0.4) is 0 Å². The summed E-state index contributed by atoms with van der Waals surface area (Å²) in [6.07, 6.45) is 0. The quantitative estimate of drug-likeness (QED) is 0.325. The van der Waals surface area contributed by atoms with Gasteiger partial charge in [0.05, 0.1) is 0 Å². The van der Waals surface area contributed by atoms with Crippen LogP contribution in [0, 0.1) is 0 Å². The van der Waals surface area contributed by atoms with Gasteiger partial charge in [0, 0.05) is 0 Å². The van der Waals surface area contributed by atoms with E-state index >= 15 is 0 Å². The largest absolute Gasteiger partial charge is 0.0620 e. The fraction of sp³-hybridized carbons (Fsp3) is 0.526. The fourth-order valence-corrected chi connectivity index (χ4v) is 4.31. The lowest BCUT2D eigenvalue weighted by molar-refractivity contribution is 0.577. The molecule has 3 rings (SSSR count). The normalized spacial score (nSPS) is 11.8. The summed E-state index contributed by atoms with van der Waals surface area (Å²) in [6, 6.07) is 26.6. The molecule has 0 spiro atoms. The molecule has 0 amide bonds. The molecule has 0 unspecified atom stereocenters. The van der Waals surface area contributed by atoms with Crippen molar-refractivity contribution in [3.05, 3.63) is 106 Å². The topological polar surface area (TPSA) is 0 Å². The van der Waals surface area contributed by atoms with E-state index in [0.717, 1.165) is 0 Å². The van der Waals surface area contributed by atoms with Gasteiger partial charge in [0.25, 0.3) is 0 Å². The van der Waals surface area contributed by atoms with Gasteiger partial charge in [-0.2, -0.15) is 0 Å². The van der Waals surface area contributed by atoms with Crippen LogP contribution in [-0.4, -0.2) is 0 Å². The van der Waals surface area contributed by atoms with E-state index in [4.69, 9.17) is 0 Å². The highest BCUT2D eigenvalue weighted by Gasteiger charge is 2.18. The van der Waals surface area contributed by atoms with Crippen molar-refractivity contribution < 1.29 is 0 Å². The Labute approximate surface area is 237 Å². The Morgan fingerprint density at radius 2 is 0.868 bits per heavy atom. The zero-order valence-corrected chi connectivity index (χ0v) is 27.2. The zero-order chi connectivity index (χ0) is 29.3. The lowest BCUT2D eigenvalue weighted by Crippen LogP contribution is -2.14. The van der Waals surface area contributed by atoms with Crippen LogP contribution in [0.1, 0.15) is 154 Å². The van der Waals surface area contributed by atoms with E-state index in [-0.39, 0.29) is 10.8 Å². The molecule has 3 aromatic rings. The third-order valence-corrected chi connectivity index (χ3v) is 7.08. The van der Waals surface area contributed by atoms with Crippen molar-refractivity contribution in [2.45, 2.75) is 131 Å². The molecule has 0 fully saturated rings. The zero-order valence-electron chi connectivity index (χ0n) is 27.2. The smallest absolute Gasteiger partial charge is 0.0129 e. The summed E-state index contributed by atoms with van der Waals surface area (Å²) in [5.74, 6) is 2.54. The first kappa shape index (κ1) is 33.7. The molecule has 38 heavy (non-hydrogen) atoms. The van der Waals surface area contributed by atoms with E-state index in [2.05, 4.69) is 170 Å². The van der Waals surface area contributed by atoms with Gasteiger partial charge in [0.1, 0.15) is 0 Å². The molecule has 0 atom stereocenters. The number of hydrogen-bond acceptors (Lipinski definition) is 0. The van der Waals surface area contributed by atoms with Crippen LogP contribution in [-0.2, 0) is 10.8 Å². The minimum absolute atomic E-state index is 0.265. The molecule has 210 valence electrons. The lowest BCUT2D eigenvalue weighted by Gasteiger charge is -2.24. The van der Waals surface area contributed by atoms with E-state index < -0.39 is 0 Å². The summed E-state index contributed by atoms with van der Waals surface area (Å²) in [6.45, 7) is 31.5. The van der Waals surface area contributed by atoms with Crippen molar-refractivity contribution in [1.82, 2.24) is 0 Å². The van der Waals surface area contributed by atoms with Crippen molar-refractivity contribution in [3.63, 3.8) is 0 Å². The van der Waals surface area contributed by atoms with E-state index in [1.54, 1.807) is 0 Å². The summed E-state index contributed by atoms with van der Waals surface area (Å²) in [5, 5.41) is 0. The third-order valence-electron chi connectivity index (χ3n) is 7.08. The summed E-state index contributed by atoms with van der Waals surface area (Å²) in [5.41, 5.74) is 9.22. The SMILES string of the molecule is CC(C)c1ccc(C(C)C)cc1.CC(C)c1cccc(C(C)(C)C)c1.CC(C)c1ccccc1C(C)(C)C. The van der Waals surface area contributed by atoms with Gasteiger partial charge in [-0.25, -0.2) is 0 Å².